The van der Waals surface area contributed by atoms with Crippen molar-refractivity contribution >= 4 is 47.3 Å². The molecule has 0 saturated heterocycles. The molecule has 28 heavy (non-hydrogen) atoms. The quantitative estimate of drug-likeness (QED) is 0.137. The number of aromatic nitrogens is 2. The number of carbonyl (C=O) groups excluding carboxylic acids is 1. The summed E-state index contributed by atoms with van der Waals surface area (Å²) < 4.78 is 5.83. The highest BCUT2D eigenvalue weighted by Crippen LogP contribution is 2.17. The summed E-state index contributed by atoms with van der Waals surface area (Å²) in [6, 6.07) is 13.0. The van der Waals surface area contributed by atoms with Gasteiger partial charge in [-0.15, -0.1) is 27.8 Å². The maximum absolute atomic E-state index is 11.9. The Balaban J connectivity index is 0.000000336. The van der Waals surface area contributed by atoms with Crippen LogP contribution in [0.1, 0.15) is 15.9 Å². The Kier molecular flexibility index (Phi) is 7.92. The number of nitrogens with two attached hydrogens (primary N) is 1. The molecule has 146 valence electrons. The van der Waals surface area contributed by atoms with Crippen LogP contribution in [0, 0.1) is 14.1 Å². The highest BCUT2D eigenvalue weighted by molar-refractivity contribution is 7.80. The molecule has 0 fully saturated rings. The van der Waals surface area contributed by atoms with Gasteiger partial charge in [0.25, 0.3) is 5.09 Å². The van der Waals surface area contributed by atoms with E-state index in [0.717, 1.165) is 0 Å². The molecule has 0 amide bonds. The van der Waals surface area contributed by atoms with E-state index in [4.69, 9.17) is 10.5 Å². The van der Waals surface area contributed by atoms with Gasteiger partial charge in [0.05, 0.1) is 5.56 Å². The van der Waals surface area contributed by atoms with Crippen molar-refractivity contribution in [3.05, 3.63) is 73.7 Å². The smallest absolute Gasteiger partial charge is 0.343 e. The van der Waals surface area contributed by atoms with Gasteiger partial charge in [-0.05, 0) is 48.1 Å². The second kappa shape index (κ2) is 10.4. The number of H-pyrrole nitrogens is 1. The van der Waals surface area contributed by atoms with Gasteiger partial charge >= 0.3 is 5.97 Å². The van der Waals surface area contributed by atoms with Crippen molar-refractivity contribution in [1.29, 1.82) is 0 Å². The largest absolute Gasteiger partial charge is 0.423 e. The van der Waals surface area contributed by atoms with Crippen LogP contribution in [-0.2, 0) is 11.4 Å². The lowest BCUT2D eigenvalue weighted by molar-refractivity contribution is -0.763. The zero-order valence-corrected chi connectivity index (χ0v) is 16.6. The van der Waals surface area contributed by atoms with E-state index in [2.05, 4.69) is 39.9 Å². The summed E-state index contributed by atoms with van der Waals surface area (Å²) in [6.45, 7) is -0.204. The average Bonchev–Trinajstić information content (AvgIpc) is 3.03. The third kappa shape index (κ3) is 7.34. The van der Waals surface area contributed by atoms with E-state index in [1.54, 1.807) is 42.5 Å². The topological polar surface area (TPSA) is 133 Å². The van der Waals surface area contributed by atoms with Gasteiger partial charge in [-0.3, -0.25) is 5.10 Å². The molecular weight excluding hydrogens is 424 g/mol. The van der Waals surface area contributed by atoms with Gasteiger partial charge in [0.2, 0.25) is 5.13 Å². The van der Waals surface area contributed by atoms with Gasteiger partial charge in [0.1, 0.15) is 12.4 Å². The van der Waals surface area contributed by atoms with Crippen molar-refractivity contribution in [3.63, 3.8) is 0 Å². The number of aromatic amines is 1. The lowest BCUT2D eigenvalue weighted by atomic mass is 10.2. The van der Waals surface area contributed by atoms with Gasteiger partial charge in [-0.25, -0.2) is 4.79 Å². The predicted molar refractivity (Wildman–Crippen MR) is 109 cm³/mol. The molecule has 3 N–H and O–H groups in total. The summed E-state index contributed by atoms with van der Waals surface area (Å²) in [7, 11) is 0. The fourth-order valence-corrected chi connectivity index (χ4v) is 2.77. The molecule has 12 heteroatoms. The molecular formula is C16H14N4O5S3. The standard InChI is InChI=1S/C14H11NO5S.C2H3N3S2/c16-14(11-4-2-6-13(21)8-11)20-12-5-1-3-10(7-12)9-19-15(17)18;3-1-4-5-2(6)7-1/h1-8,21H,9H2;(H2,3,4)(H,5,6). The highest BCUT2D eigenvalue weighted by atomic mass is 32.1. The van der Waals surface area contributed by atoms with Crippen molar-refractivity contribution < 1.29 is 19.5 Å². The highest BCUT2D eigenvalue weighted by Gasteiger charge is 2.09. The van der Waals surface area contributed by atoms with Crippen LogP contribution in [0.15, 0.2) is 53.4 Å². The minimum absolute atomic E-state index is 0.204. The Hall–Kier alpha value is -2.96. The summed E-state index contributed by atoms with van der Waals surface area (Å²) in [6.07, 6.45) is 0. The molecule has 9 nitrogen and oxygen atoms in total. The second-order valence-electron chi connectivity index (χ2n) is 5.04. The third-order valence-electron chi connectivity index (χ3n) is 2.98. The second-order valence-corrected chi connectivity index (χ2v) is 7.25. The normalized spacial score (nSPS) is 9.75. The summed E-state index contributed by atoms with van der Waals surface area (Å²) in [5, 5.41) is 15.9. The molecule has 0 saturated carbocycles. The first-order chi connectivity index (χ1) is 13.3. The van der Waals surface area contributed by atoms with E-state index in [9.17, 15) is 14.9 Å². The molecule has 0 unspecified atom stereocenters. The first-order valence-corrected chi connectivity index (χ1v) is 9.19. The number of rotatable bonds is 5. The van der Waals surface area contributed by atoms with E-state index in [-0.39, 0.29) is 12.4 Å². The van der Waals surface area contributed by atoms with Gasteiger partial charge in [0, 0.05) is 4.90 Å². The van der Waals surface area contributed by atoms with Crippen molar-refractivity contribution in [2.45, 2.75) is 11.5 Å². The summed E-state index contributed by atoms with van der Waals surface area (Å²) >= 11 is 10.1. The summed E-state index contributed by atoms with van der Waals surface area (Å²) in [4.78, 5) is 27.0. The van der Waals surface area contributed by atoms with Crippen LogP contribution >= 0.6 is 36.2 Å². The van der Waals surface area contributed by atoms with Crippen LogP contribution in [0.3, 0.4) is 0 Å². The van der Waals surface area contributed by atoms with E-state index in [0.29, 0.717) is 25.1 Å². The van der Waals surface area contributed by atoms with Gasteiger partial charge < -0.3 is 15.3 Å². The number of nitrogens with zero attached hydrogens (tertiary/aromatic N) is 2. The van der Waals surface area contributed by atoms with Gasteiger partial charge in [-0.1, -0.05) is 29.5 Å². The third-order valence-corrected chi connectivity index (χ3v) is 4.18. The maximum Gasteiger partial charge on any atom is 0.343 e. The number of nitrogens with one attached hydrogen (secondary N) is 1. The van der Waals surface area contributed by atoms with E-state index < -0.39 is 11.1 Å². The number of nitrogen functional groups attached to an aromatic ring is 1. The van der Waals surface area contributed by atoms with E-state index >= 15 is 0 Å². The number of anilines is 1. The minimum atomic E-state index is -0.878. The monoisotopic (exact) mass is 438 g/mol. The lowest BCUT2D eigenvalue weighted by Gasteiger charge is -2.06. The fraction of sp³-hybridized carbons (Fsp3) is 0.0625. The number of ether oxygens (including phenoxy) is 1. The first-order valence-electron chi connectivity index (χ1n) is 7.52. The molecule has 2 aromatic carbocycles. The number of hydrogen-bond donors (Lipinski definition) is 3. The van der Waals surface area contributed by atoms with Gasteiger partial charge in [-0.2, -0.15) is 0 Å². The minimum Gasteiger partial charge on any atom is -0.423 e. The first kappa shape index (κ1) is 21.3. The molecule has 3 aromatic rings. The average molecular weight is 439 g/mol. The Labute approximate surface area is 173 Å². The summed E-state index contributed by atoms with van der Waals surface area (Å²) in [5.74, 6) is -0.243. The van der Waals surface area contributed by atoms with Crippen molar-refractivity contribution in [2.24, 2.45) is 0 Å². The SMILES string of the molecule is Nc1n[nH]c(=S)s1.O=C(Oc1cccc(CO[N+](=O)[O-])c1)c1cccc(S)c1. The molecule has 0 atom stereocenters. The number of esters is 1. The van der Waals surface area contributed by atoms with Crippen LogP contribution in [-0.4, -0.2) is 21.3 Å². The van der Waals surface area contributed by atoms with Crippen LogP contribution in [0.4, 0.5) is 5.13 Å². The number of carbonyl (C=O) groups is 1. The fourth-order valence-electron chi connectivity index (χ4n) is 1.87. The van der Waals surface area contributed by atoms with Gasteiger partial charge in [0.15, 0.2) is 3.95 Å². The van der Waals surface area contributed by atoms with E-state index in [1.807, 2.05) is 0 Å². The van der Waals surface area contributed by atoms with Crippen molar-refractivity contribution in [2.75, 3.05) is 5.73 Å². The Morgan fingerprint density at radius 3 is 2.64 bits per heavy atom. The Morgan fingerprint density at radius 2 is 2.07 bits per heavy atom. The van der Waals surface area contributed by atoms with Crippen LogP contribution < -0.4 is 10.5 Å². The Bertz CT molecular complexity index is 1020. The van der Waals surface area contributed by atoms with Crippen LogP contribution in [0.2, 0.25) is 0 Å². The molecule has 0 radical (unpaired) electrons. The molecule has 0 spiro atoms. The molecule has 1 aromatic heterocycles. The molecule has 0 aliphatic heterocycles. The molecule has 0 aliphatic rings. The van der Waals surface area contributed by atoms with Crippen molar-refractivity contribution in [3.8, 4) is 5.75 Å². The maximum atomic E-state index is 11.9. The predicted octanol–water partition coefficient (Wildman–Crippen LogP) is 3.69. The van der Waals surface area contributed by atoms with Crippen LogP contribution in [0.5, 0.6) is 5.75 Å². The number of hydrogen-bond acceptors (Lipinski definition) is 10. The number of thiol groups is 1. The summed E-state index contributed by atoms with van der Waals surface area (Å²) in [5.41, 5.74) is 6.09. The van der Waals surface area contributed by atoms with E-state index in [1.165, 1.54) is 17.4 Å². The molecule has 3 rings (SSSR count). The molecule has 0 aliphatic carbocycles. The zero-order valence-electron chi connectivity index (χ0n) is 14.1. The number of benzene rings is 2. The molecule has 1 heterocycles. The lowest BCUT2D eigenvalue weighted by Crippen LogP contribution is -2.08. The van der Waals surface area contributed by atoms with Crippen LogP contribution in [0.25, 0.3) is 0 Å². The van der Waals surface area contributed by atoms with Crippen molar-refractivity contribution in [1.82, 2.24) is 10.2 Å². The Morgan fingerprint density at radius 1 is 1.32 bits per heavy atom. The molecule has 0 bridgehead atoms. The zero-order chi connectivity index (χ0) is 20.5.